The number of nitrogens with one attached hydrogen (secondary N) is 1. The Balaban J connectivity index is 2.05. The molecule has 1 N–H and O–H groups in total. The van der Waals surface area contributed by atoms with Crippen LogP contribution in [0.4, 0.5) is 0 Å². The lowest BCUT2D eigenvalue weighted by atomic mass is 9.90. The first-order valence-electron chi connectivity index (χ1n) is 4.73. The molecule has 2 aliphatic heterocycles. The van der Waals surface area contributed by atoms with Crippen LogP contribution >= 0.6 is 0 Å². The van der Waals surface area contributed by atoms with E-state index in [-0.39, 0.29) is 0 Å². The first-order chi connectivity index (χ1) is 6.07. The normalized spacial score (nSPS) is 36.1. The van der Waals surface area contributed by atoms with E-state index in [1.807, 2.05) is 0 Å². The Hall–Kier alpha value is -0.130. The Morgan fingerprint density at radius 2 is 2.00 bits per heavy atom. The smallest absolute Gasteiger partial charge is 0.211 e. The second-order valence-corrected chi connectivity index (χ2v) is 6.07. The highest BCUT2D eigenvalue weighted by atomic mass is 32.2. The van der Waals surface area contributed by atoms with Gasteiger partial charge in [0.1, 0.15) is 0 Å². The van der Waals surface area contributed by atoms with Crippen LogP contribution in [0.25, 0.3) is 0 Å². The van der Waals surface area contributed by atoms with E-state index in [9.17, 15) is 8.42 Å². The molecule has 0 aromatic carbocycles. The van der Waals surface area contributed by atoms with Gasteiger partial charge in [-0.05, 0) is 31.3 Å². The summed E-state index contributed by atoms with van der Waals surface area (Å²) >= 11 is 0. The highest BCUT2D eigenvalue weighted by molar-refractivity contribution is 7.88. The SMILES string of the molecule is CS(=O)(=O)N1CCC2CNCC2C1. The number of rotatable bonds is 1. The van der Waals surface area contributed by atoms with Gasteiger partial charge in [0, 0.05) is 13.1 Å². The summed E-state index contributed by atoms with van der Waals surface area (Å²) in [5.41, 5.74) is 0. The molecule has 0 radical (unpaired) electrons. The number of nitrogens with zero attached hydrogens (tertiary/aromatic N) is 1. The lowest BCUT2D eigenvalue weighted by Gasteiger charge is -2.32. The van der Waals surface area contributed by atoms with Gasteiger partial charge in [0.2, 0.25) is 10.0 Å². The Bertz CT molecular complexity index is 289. The summed E-state index contributed by atoms with van der Waals surface area (Å²) in [6.45, 7) is 3.48. The molecule has 0 spiro atoms. The van der Waals surface area contributed by atoms with Gasteiger partial charge in [-0.2, -0.15) is 0 Å². The molecular weight excluding hydrogens is 188 g/mol. The number of fused-ring (bicyclic) bond motifs is 1. The molecule has 0 saturated carbocycles. The zero-order valence-electron chi connectivity index (χ0n) is 7.86. The van der Waals surface area contributed by atoms with Crippen molar-refractivity contribution in [2.75, 3.05) is 32.4 Å². The molecule has 2 fully saturated rings. The van der Waals surface area contributed by atoms with E-state index in [0.29, 0.717) is 18.4 Å². The maximum Gasteiger partial charge on any atom is 0.211 e. The maximum absolute atomic E-state index is 11.3. The van der Waals surface area contributed by atoms with Crippen LogP contribution in [0, 0.1) is 11.8 Å². The zero-order chi connectivity index (χ0) is 9.47. The Morgan fingerprint density at radius 1 is 1.31 bits per heavy atom. The second-order valence-electron chi connectivity index (χ2n) is 4.09. The van der Waals surface area contributed by atoms with Crippen LogP contribution in [0.2, 0.25) is 0 Å². The molecule has 0 aromatic rings. The quantitative estimate of drug-likeness (QED) is 0.626. The summed E-state index contributed by atoms with van der Waals surface area (Å²) in [5.74, 6) is 1.25. The summed E-state index contributed by atoms with van der Waals surface area (Å²) in [4.78, 5) is 0. The highest BCUT2D eigenvalue weighted by Crippen LogP contribution is 2.27. The van der Waals surface area contributed by atoms with E-state index in [1.165, 1.54) is 6.26 Å². The summed E-state index contributed by atoms with van der Waals surface area (Å²) in [5, 5.41) is 3.31. The van der Waals surface area contributed by atoms with Gasteiger partial charge in [-0.1, -0.05) is 0 Å². The molecule has 0 aliphatic carbocycles. The molecule has 5 heteroatoms. The molecule has 2 heterocycles. The van der Waals surface area contributed by atoms with E-state index in [2.05, 4.69) is 5.32 Å². The van der Waals surface area contributed by atoms with Crippen molar-refractivity contribution >= 4 is 10.0 Å². The van der Waals surface area contributed by atoms with Gasteiger partial charge in [-0.15, -0.1) is 0 Å². The highest BCUT2D eigenvalue weighted by Gasteiger charge is 2.35. The fraction of sp³-hybridized carbons (Fsp3) is 1.00. The maximum atomic E-state index is 11.3. The largest absolute Gasteiger partial charge is 0.316 e. The molecule has 0 aromatic heterocycles. The topological polar surface area (TPSA) is 49.4 Å². The predicted molar refractivity (Wildman–Crippen MR) is 50.9 cm³/mol. The average Bonchev–Trinajstić information content (AvgIpc) is 2.47. The minimum atomic E-state index is -2.96. The summed E-state index contributed by atoms with van der Waals surface area (Å²) in [6, 6.07) is 0. The van der Waals surface area contributed by atoms with Gasteiger partial charge in [0.25, 0.3) is 0 Å². The van der Waals surface area contributed by atoms with Crippen molar-refractivity contribution in [1.29, 1.82) is 0 Å². The fourth-order valence-electron chi connectivity index (χ4n) is 2.30. The standard InChI is InChI=1S/C8H16N2O2S/c1-13(11,12)10-3-2-7-4-9-5-8(7)6-10/h7-9H,2-6H2,1H3. The summed E-state index contributed by atoms with van der Waals surface area (Å²) in [7, 11) is -2.96. The fourth-order valence-corrected chi connectivity index (χ4v) is 3.20. The molecule has 13 heavy (non-hydrogen) atoms. The van der Waals surface area contributed by atoms with Crippen molar-refractivity contribution in [2.45, 2.75) is 6.42 Å². The average molecular weight is 204 g/mol. The lowest BCUT2D eigenvalue weighted by Crippen LogP contribution is -2.42. The van der Waals surface area contributed by atoms with Gasteiger partial charge in [0.05, 0.1) is 6.26 Å². The minimum absolute atomic E-state index is 0.545. The third-order valence-electron chi connectivity index (χ3n) is 3.14. The van der Waals surface area contributed by atoms with Crippen molar-refractivity contribution in [3.05, 3.63) is 0 Å². The van der Waals surface area contributed by atoms with Gasteiger partial charge in [-0.25, -0.2) is 12.7 Å². The molecular formula is C8H16N2O2S. The van der Waals surface area contributed by atoms with E-state index < -0.39 is 10.0 Å². The van der Waals surface area contributed by atoms with Crippen molar-refractivity contribution < 1.29 is 8.42 Å². The van der Waals surface area contributed by atoms with Crippen molar-refractivity contribution in [2.24, 2.45) is 11.8 Å². The van der Waals surface area contributed by atoms with Crippen molar-refractivity contribution in [3.8, 4) is 0 Å². The lowest BCUT2D eigenvalue weighted by molar-refractivity contribution is 0.229. The Kier molecular flexibility index (Phi) is 2.33. The van der Waals surface area contributed by atoms with E-state index in [0.717, 1.165) is 26.1 Å². The number of sulfonamides is 1. The van der Waals surface area contributed by atoms with E-state index in [4.69, 9.17) is 0 Å². The van der Waals surface area contributed by atoms with Crippen molar-refractivity contribution in [3.63, 3.8) is 0 Å². The molecule has 2 atom stereocenters. The van der Waals surface area contributed by atoms with Crippen LogP contribution in [0.15, 0.2) is 0 Å². The molecule has 0 bridgehead atoms. The van der Waals surface area contributed by atoms with E-state index >= 15 is 0 Å². The first kappa shape index (κ1) is 9.43. The van der Waals surface area contributed by atoms with Crippen LogP contribution in [0.1, 0.15) is 6.42 Å². The van der Waals surface area contributed by atoms with Crippen LogP contribution < -0.4 is 5.32 Å². The number of hydrogen-bond donors (Lipinski definition) is 1. The summed E-state index contributed by atoms with van der Waals surface area (Å²) in [6.07, 6.45) is 2.32. The number of hydrogen-bond acceptors (Lipinski definition) is 3. The zero-order valence-corrected chi connectivity index (χ0v) is 8.68. The van der Waals surface area contributed by atoms with Gasteiger partial charge in [0.15, 0.2) is 0 Å². The van der Waals surface area contributed by atoms with Gasteiger partial charge < -0.3 is 5.32 Å². The first-order valence-corrected chi connectivity index (χ1v) is 6.58. The van der Waals surface area contributed by atoms with Gasteiger partial charge in [-0.3, -0.25) is 0 Å². The van der Waals surface area contributed by atoms with Gasteiger partial charge >= 0.3 is 0 Å². The summed E-state index contributed by atoms with van der Waals surface area (Å²) < 4.78 is 24.2. The predicted octanol–water partition coefficient (Wildman–Crippen LogP) is -0.513. The molecule has 2 aliphatic rings. The molecule has 2 rings (SSSR count). The third kappa shape index (κ3) is 1.87. The Labute approximate surface area is 79.4 Å². The number of piperidine rings is 1. The second kappa shape index (κ2) is 3.22. The van der Waals surface area contributed by atoms with Crippen LogP contribution in [0.3, 0.4) is 0 Å². The molecule has 0 amide bonds. The van der Waals surface area contributed by atoms with Crippen LogP contribution in [0.5, 0.6) is 0 Å². The molecule has 2 saturated heterocycles. The molecule has 4 nitrogen and oxygen atoms in total. The van der Waals surface area contributed by atoms with E-state index in [1.54, 1.807) is 4.31 Å². The Morgan fingerprint density at radius 3 is 2.69 bits per heavy atom. The van der Waals surface area contributed by atoms with Crippen molar-refractivity contribution in [1.82, 2.24) is 9.62 Å². The monoisotopic (exact) mass is 204 g/mol. The molecule has 76 valence electrons. The minimum Gasteiger partial charge on any atom is -0.316 e. The van der Waals surface area contributed by atoms with Crippen LogP contribution in [-0.2, 0) is 10.0 Å². The third-order valence-corrected chi connectivity index (χ3v) is 4.41. The molecule has 2 unspecified atom stereocenters. The van der Waals surface area contributed by atoms with Crippen LogP contribution in [-0.4, -0.2) is 45.2 Å².